The van der Waals surface area contributed by atoms with Gasteiger partial charge in [-0.05, 0) is 42.3 Å². The maximum absolute atomic E-state index is 13.1. The second-order valence-corrected chi connectivity index (χ2v) is 10.9. The fourth-order valence-corrected chi connectivity index (χ4v) is 5.50. The van der Waals surface area contributed by atoms with Crippen molar-refractivity contribution in [2.75, 3.05) is 25.5 Å². The van der Waals surface area contributed by atoms with Gasteiger partial charge in [-0.1, -0.05) is 32.4 Å². The van der Waals surface area contributed by atoms with Crippen LogP contribution in [0.25, 0.3) is 0 Å². The predicted molar refractivity (Wildman–Crippen MR) is 129 cm³/mol. The monoisotopic (exact) mass is 554 g/mol. The predicted octanol–water partition coefficient (Wildman–Crippen LogP) is 4.84. The van der Waals surface area contributed by atoms with Crippen molar-refractivity contribution in [1.82, 2.24) is 4.31 Å². The molecule has 2 aromatic carbocycles. The van der Waals surface area contributed by atoms with E-state index in [4.69, 9.17) is 32.7 Å². The summed E-state index contributed by atoms with van der Waals surface area (Å²) >= 11 is 11.0. The van der Waals surface area contributed by atoms with E-state index in [-0.39, 0.29) is 40.0 Å². The van der Waals surface area contributed by atoms with Crippen LogP contribution in [0.15, 0.2) is 35.2 Å². The van der Waals surface area contributed by atoms with Crippen LogP contribution in [-0.2, 0) is 25.1 Å². The van der Waals surface area contributed by atoms with Gasteiger partial charge in [-0.15, -0.1) is 0 Å². The highest BCUT2D eigenvalue weighted by Gasteiger charge is 2.26. The molecule has 0 saturated heterocycles. The number of phosphoric acid groups is 1. The molecule has 0 aliphatic rings. The molecule has 10 nitrogen and oxygen atoms in total. The lowest BCUT2D eigenvalue weighted by atomic mass is 10.1. The standard InChI is InChI=1S/C20H25Cl2N2O8PS/c1-5-13-10-15(34(28,29)24(6-2)7-3)12-17(19(13)30-4)23-20(25)14-8-9-18(16(21)11-14)31-33(26,27)32-22/h8-12H,5-7H2,1-4H3,(H,23,25)(H,26,27). The fourth-order valence-electron chi connectivity index (χ4n) is 3.17. The number of hydrogen-bond donors (Lipinski definition) is 2. The molecular weight excluding hydrogens is 530 g/mol. The van der Waals surface area contributed by atoms with E-state index in [9.17, 15) is 22.7 Å². The summed E-state index contributed by atoms with van der Waals surface area (Å²) in [6.07, 6.45) is 0.454. The lowest BCUT2D eigenvalue weighted by molar-refractivity contribution is 0.102. The van der Waals surface area contributed by atoms with Crippen molar-refractivity contribution in [3.8, 4) is 11.5 Å². The molecule has 0 bridgehead atoms. The number of sulfonamides is 1. The van der Waals surface area contributed by atoms with Gasteiger partial charge in [-0.25, -0.2) is 13.0 Å². The van der Waals surface area contributed by atoms with Crippen molar-refractivity contribution < 1.29 is 36.0 Å². The molecule has 1 amide bonds. The minimum absolute atomic E-state index is 0.0192. The second kappa shape index (κ2) is 11.7. The number of carbonyl (C=O) groups is 1. The Bertz CT molecular complexity index is 1210. The molecular formula is C20H25Cl2N2O8PS. The van der Waals surface area contributed by atoms with Gasteiger partial charge in [-0.3, -0.25) is 9.69 Å². The average Bonchev–Trinajstić information content (AvgIpc) is 2.80. The third-order valence-electron chi connectivity index (χ3n) is 4.81. The number of anilines is 1. The molecule has 14 heteroatoms. The normalized spacial score (nSPS) is 13.4. The Kier molecular flexibility index (Phi) is 9.79. The lowest BCUT2D eigenvalue weighted by Gasteiger charge is -2.21. The van der Waals surface area contributed by atoms with Crippen LogP contribution in [-0.4, -0.2) is 43.7 Å². The van der Waals surface area contributed by atoms with Crippen molar-refractivity contribution in [1.29, 1.82) is 0 Å². The Morgan fingerprint density at radius 1 is 1.18 bits per heavy atom. The van der Waals surface area contributed by atoms with Gasteiger partial charge < -0.3 is 14.6 Å². The fraction of sp³-hybridized carbons (Fsp3) is 0.350. The van der Waals surface area contributed by atoms with Crippen LogP contribution in [0.4, 0.5) is 5.69 Å². The first kappa shape index (κ1) is 28.4. The Balaban J connectivity index is 2.47. The number of nitrogens with one attached hydrogen (secondary N) is 1. The first-order valence-electron chi connectivity index (χ1n) is 10.1. The van der Waals surface area contributed by atoms with Crippen molar-refractivity contribution >= 4 is 52.9 Å². The zero-order valence-electron chi connectivity index (χ0n) is 18.9. The number of rotatable bonds is 11. The third-order valence-corrected chi connectivity index (χ3v) is 8.26. The molecule has 0 heterocycles. The smallest absolute Gasteiger partial charge is 0.494 e. The minimum Gasteiger partial charge on any atom is -0.494 e. The van der Waals surface area contributed by atoms with Crippen LogP contribution >= 0.6 is 31.3 Å². The molecule has 2 rings (SSSR count). The minimum atomic E-state index is -4.57. The zero-order valence-corrected chi connectivity index (χ0v) is 22.1. The number of hydrogen-bond acceptors (Lipinski definition) is 7. The van der Waals surface area contributed by atoms with Crippen LogP contribution in [0, 0.1) is 0 Å². The number of phosphoric ester groups is 1. The first-order chi connectivity index (χ1) is 15.9. The summed E-state index contributed by atoms with van der Waals surface area (Å²) in [6, 6.07) is 6.53. The Labute approximate surface area is 208 Å². The molecule has 0 spiro atoms. The molecule has 0 aromatic heterocycles. The van der Waals surface area contributed by atoms with Gasteiger partial charge >= 0.3 is 7.82 Å². The number of halogens is 2. The van der Waals surface area contributed by atoms with Gasteiger partial charge in [0, 0.05) is 18.7 Å². The summed E-state index contributed by atoms with van der Waals surface area (Å²) in [7, 11) is -6.95. The van der Waals surface area contributed by atoms with E-state index in [1.54, 1.807) is 13.8 Å². The molecule has 1 unspecified atom stereocenters. The van der Waals surface area contributed by atoms with E-state index in [0.29, 0.717) is 17.7 Å². The van der Waals surface area contributed by atoms with Crippen molar-refractivity contribution in [2.24, 2.45) is 0 Å². The van der Waals surface area contributed by atoms with Crippen molar-refractivity contribution in [3.63, 3.8) is 0 Å². The molecule has 1 atom stereocenters. The highest BCUT2D eigenvalue weighted by atomic mass is 35.5. The summed E-state index contributed by atoms with van der Waals surface area (Å²) in [5.74, 6) is -0.546. The van der Waals surface area contributed by atoms with Crippen LogP contribution < -0.4 is 14.6 Å². The van der Waals surface area contributed by atoms with E-state index in [0.717, 1.165) is 0 Å². The number of ether oxygens (including phenoxy) is 1. The summed E-state index contributed by atoms with van der Waals surface area (Å²) in [6.45, 7) is 5.88. The second-order valence-electron chi connectivity index (χ2n) is 6.83. The quantitative estimate of drug-likeness (QED) is 0.377. The van der Waals surface area contributed by atoms with Gasteiger partial charge in [-0.2, -0.15) is 8.38 Å². The number of nitrogens with zero attached hydrogens (tertiary/aromatic N) is 1. The molecule has 0 fully saturated rings. The maximum Gasteiger partial charge on any atom is 0.544 e. The summed E-state index contributed by atoms with van der Waals surface area (Å²) in [4.78, 5) is 22.3. The van der Waals surface area contributed by atoms with E-state index < -0.39 is 23.8 Å². The molecule has 2 N–H and O–H groups in total. The lowest BCUT2D eigenvalue weighted by Crippen LogP contribution is -2.30. The molecule has 0 aliphatic heterocycles. The number of aryl methyl sites for hydroxylation is 1. The average molecular weight is 555 g/mol. The Morgan fingerprint density at radius 3 is 2.32 bits per heavy atom. The molecule has 0 aliphatic carbocycles. The van der Waals surface area contributed by atoms with Crippen LogP contribution in [0.5, 0.6) is 11.5 Å². The summed E-state index contributed by atoms with van der Waals surface area (Å²) in [5.41, 5.74) is 0.811. The highest BCUT2D eigenvalue weighted by Crippen LogP contribution is 2.47. The number of benzene rings is 2. The molecule has 0 radical (unpaired) electrons. The molecule has 188 valence electrons. The molecule has 0 saturated carbocycles. The van der Waals surface area contributed by atoms with Gasteiger partial charge in [0.15, 0.2) is 0 Å². The van der Waals surface area contributed by atoms with Gasteiger partial charge in [0.25, 0.3) is 5.91 Å². The van der Waals surface area contributed by atoms with Gasteiger partial charge in [0.05, 0.1) is 34.6 Å². The maximum atomic E-state index is 13.1. The van der Waals surface area contributed by atoms with Crippen molar-refractivity contribution in [2.45, 2.75) is 32.1 Å². The number of carbonyl (C=O) groups excluding carboxylic acids is 1. The van der Waals surface area contributed by atoms with E-state index in [2.05, 4.69) is 9.39 Å². The van der Waals surface area contributed by atoms with Crippen LogP contribution in [0.3, 0.4) is 0 Å². The zero-order chi connectivity index (χ0) is 25.7. The topological polar surface area (TPSA) is 131 Å². The van der Waals surface area contributed by atoms with Crippen molar-refractivity contribution in [3.05, 3.63) is 46.5 Å². The first-order valence-corrected chi connectivity index (χ1v) is 13.7. The van der Waals surface area contributed by atoms with Crippen LogP contribution in [0.2, 0.25) is 5.02 Å². The summed E-state index contributed by atoms with van der Waals surface area (Å²) < 4.78 is 52.9. The SMILES string of the molecule is CCc1cc(S(=O)(=O)N(CC)CC)cc(NC(=O)c2ccc(OP(=O)(O)OCl)c(Cl)c2)c1OC. The Hall–Kier alpha value is -1.85. The van der Waals surface area contributed by atoms with Crippen LogP contribution in [0.1, 0.15) is 36.7 Å². The molecule has 34 heavy (non-hydrogen) atoms. The van der Waals surface area contributed by atoms with Gasteiger partial charge in [0.1, 0.15) is 11.5 Å². The highest BCUT2D eigenvalue weighted by molar-refractivity contribution is 7.89. The van der Waals surface area contributed by atoms with E-state index >= 15 is 0 Å². The largest absolute Gasteiger partial charge is 0.544 e. The number of methoxy groups -OCH3 is 1. The molecule has 2 aromatic rings. The van der Waals surface area contributed by atoms with Gasteiger partial charge in [0.2, 0.25) is 10.0 Å². The van der Waals surface area contributed by atoms with E-state index in [1.807, 2.05) is 6.92 Å². The van der Waals surface area contributed by atoms with E-state index in [1.165, 1.54) is 41.7 Å². The third kappa shape index (κ3) is 6.42. The Morgan fingerprint density at radius 2 is 1.82 bits per heavy atom. The summed E-state index contributed by atoms with van der Waals surface area (Å²) in [5, 5.41) is 2.49. The number of amides is 1.